The largest absolute Gasteiger partial charge is 0.368 e. The fourth-order valence-electron chi connectivity index (χ4n) is 2.93. The smallest absolute Gasteiger partial charge is 0.255 e. The van der Waals surface area contributed by atoms with Gasteiger partial charge in [0, 0.05) is 26.7 Å². The number of rotatable bonds is 2. The number of hydrogen-bond acceptors (Lipinski definition) is 3. The van der Waals surface area contributed by atoms with Gasteiger partial charge in [0.05, 0.1) is 5.54 Å². The van der Waals surface area contributed by atoms with Crippen LogP contribution in [0, 0.1) is 0 Å². The van der Waals surface area contributed by atoms with Crippen LogP contribution in [0.15, 0.2) is 0 Å². The van der Waals surface area contributed by atoms with Crippen LogP contribution in [0.3, 0.4) is 0 Å². The summed E-state index contributed by atoms with van der Waals surface area (Å²) in [5.74, 6) is 0.251. The van der Waals surface area contributed by atoms with E-state index in [0.29, 0.717) is 0 Å². The summed E-state index contributed by atoms with van der Waals surface area (Å²) in [5.41, 5.74) is -0.274. The quantitative estimate of drug-likeness (QED) is 0.683. The highest BCUT2D eigenvalue weighted by atomic mass is 16.5. The van der Waals surface area contributed by atoms with Gasteiger partial charge in [-0.05, 0) is 32.7 Å². The van der Waals surface area contributed by atoms with Gasteiger partial charge in [-0.3, -0.25) is 4.79 Å². The molecule has 16 heavy (non-hydrogen) atoms. The van der Waals surface area contributed by atoms with Crippen LogP contribution in [0.25, 0.3) is 0 Å². The minimum absolute atomic E-state index is 0.165. The van der Waals surface area contributed by atoms with E-state index >= 15 is 0 Å². The van der Waals surface area contributed by atoms with Crippen LogP contribution in [0.4, 0.5) is 0 Å². The number of piperazine rings is 1. The first-order valence-corrected chi connectivity index (χ1v) is 6.18. The van der Waals surface area contributed by atoms with E-state index < -0.39 is 5.60 Å². The Labute approximate surface area is 96.5 Å². The number of ether oxygens (including phenoxy) is 1. The normalized spacial score (nSPS) is 30.5. The Morgan fingerprint density at radius 2 is 1.88 bits per heavy atom. The third-order valence-electron chi connectivity index (χ3n) is 4.40. The van der Waals surface area contributed by atoms with E-state index in [2.05, 4.69) is 16.8 Å². The first-order chi connectivity index (χ1) is 7.62. The van der Waals surface area contributed by atoms with Gasteiger partial charge in [0.15, 0.2) is 0 Å². The van der Waals surface area contributed by atoms with Crippen LogP contribution in [0.1, 0.15) is 25.7 Å². The monoisotopic (exact) mass is 224 g/mol. The molecule has 0 aromatic rings. The second-order valence-corrected chi connectivity index (χ2v) is 5.62. The summed E-state index contributed by atoms with van der Waals surface area (Å²) < 4.78 is 5.41. The summed E-state index contributed by atoms with van der Waals surface area (Å²) in [4.78, 5) is 16.9. The minimum atomic E-state index is -0.439. The first-order valence-electron chi connectivity index (χ1n) is 6.18. The minimum Gasteiger partial charge on any atom is -0.368 e. The van der Waals surface area contributed by atoms with Gasteiger partial charge in [-0.15, -0.1) is 0 Å². The molecule has 0 bridgehead atoms. The van der Waals surface area contributed by atoms with Crippen molar-refractivity contribution in [3.8, 4) is 0 Å². The van der Waals surface area contributed by atoms with Crippen LogP contribution in [-0.2, 0) is 9.53 Å². The molecule has 3 aliphatic rings. The van der Waals surface area contributed by atoms with Crippen molar-refractivity contribution in [2.75, 3.05) is 33.8 Å². The molecule has 3 fully saturated rings. The third kappa shape index (κ3) is 1.39. The summed E-state index contributed by atoms with van der Waals surface area (Å²) in [6.45, 7) is 2.91. The van der Waals surface area contributed by atoms with Crippen LogP contribution >= 0.6 is 0 Å². The van der Waals surface area contributed by atoms with Crippen molar-refractivity contribution in [2.45, 2.75) is 36.8 Å². The zero-order chi connectivity index (χ0) is 11.4. The number of methoxy groups -OCH3 is 1. The molecule has 1 heterocycles. The summed E-state index contributed by atoms with van der Waals surface area (Å²) in [5, 5.41) is 0. The first kappa shape index (κ1) is 10.5. The molecule has 1 amide bonds. The number of nitrogens with zero attached hydrogens (tertiary/aromatic N) is 2. The fraction of sp³-hybridized carbons (Fsp3) is 0.917. The summed E-state index contributed by atoms with van der Waals surface area (Å²) in [6.07, 6.45) is 4.15. The van der Waals surface area contributed by atoms with Gasteiger partial charge in [-0.2, -0.15) is 0 Å². The number of carbonyl (C=O) groups is 1. The Bertz CT molecular complexity index is 321. The molecule has 0 radical (unpaired) electrons. The van der Waals surface area contributed by atoms with Crippen molar-refractivity contribution in [1.29, 1.82) is 0 Å². The highest BCUT2D eigenvalue weighted by Crippen LogP contribution is 2.49. The van der Waals surface area contributed by atoms with E-state index in [4.69, 9.17) is 4.74 Å². The fourth-order valence-corrected chi connectivity index (χ4v) is 2.93. The highest BCUT2D eigenvalue weighted by molar-refractivity contribution is 5.89. The van der Waals surface area contributed by atoms with Gasteiger partial charge in [0.25, 0.3) is 5.91 Å². The highest BCUT2D eigenvalue weighted by Gasteiger charge is 2.60. The number of carbonyl (C=O) groups excluding carboxylic acids is 1. The van der Waals surface area contributed by atoms with E-state index in [9.17, 15) is 4.79 Å². The molecule has 1 saturated heterocycles. The van der Waals surface area contributed by atoms with Crippen molar-refractivity contribution in [3.05, 3.63) is 0 Å². The van der Waals surface area contributed by atoms with E-state index in [0.717, 1.165) is 32.5 Å². The van der Waals surface area contributed by atoms with Crippen molar-refractivity contribution >= 4 is 5.91 Å². The molecule has 2 aliphatic carbocycles. The van der Waals surface area contributed by atoms with Gasteiger partial charge in [-0.1, -0.05) is 0 Å². The predicted molar refractivity (Wildman–Crippen MR) is 60.1 cm³/mol. The second kappa shape index (κ2) is 3.20. The van der Waals surface area contributed by atoms with Gasteiger partial charge in [-0.25, -0.2) is 0 Å². The van der Waals surface area contributed by atoms with E-state index in [1.807, 2.05) is 0 Å². The number of likely N-dealkylation sites (N-methyl/N-ethyl adjacent to an activating group) is 1. The lowest BCUT2D eigenvalue weighted by Gasteiger charge is -2.42. The van der Waals surface area contributed by atoms with Crippen molar-refractivity contribution in [1.82, 2.24) is 9.80 Å². The van der Waals surface area contributed by atoms with E-state index in [1.54, 1.807) is 7.11 Å². The van der Waals surface area contributed by atoms with E-state index in [1.165, 1.54) is 12.8 Å². The molecule has 0 N–H and O–H groups in total. The molecule has 4 heteroatoms. The molecule has 1 spiro atoms. The maximum Gasteiger partial charge on any atom is 0.255 e. The van der Waals surface area contributed by atoms with E-state index in [-0.39, 0.29) is 11.4 Å². The van der Waals surface area contributed by atoms with Crippen molar-refractivity contribution in [3.63, 3.8) is 0 Å². The zero-order valence-electron chi connectivity index (χ0n) is 10.2. The number of amides is 1. The molecule has 0 atom stereocenters. The van der Waals surface area contributed by atoms with Crippen LogP contribution in [0.5, 0.6) is 0 Å². The van der Waals surface area contributed by atoms with Crippen LogP contribution in [0.2, 0.25) is 0 Å². The maximum atomic E-state index is 12.5. The molecule has 2 saturated carbocycles. The topological polar surface area (TPSA) is 32.8 Å². The maximum absolute atomic E-state index is 12.5. The molecule has 0 unspecified atom stereocenters. The SMILES string of the molecule is COC1(C(=O)N2CCN(C)CC23CC3)CC1. The van der Waals surface area contributed by atoms with Crippen LogP contribution < -0.4 is 0 Å². The van der Waals surface area contributed by atoms with Crippen molar-refractivity contribution in [2.24, 2.45) is 0 Å². The Kier molecular flexibility index (Phi) is 2.11. The van der Waals surface area contributed by atoms with Crippen molar-refractivity contribution < 1.29 is 9.53 Å². The Morgan fingerprint density at radius 3 is 2.38 bits per heavy atom. The Morgan fingerprint density at radius 1 is 1.19 bits per heavy atom. The molecule has 0 aromatic carbocycles. The summed E-state index contributed by atoms with van der Waals surface area (Å²) in [7, 11) is 3.81. The molecule has 1 aliphatic heterocycles. The zero-order valence-corrected chi connectivity index (χ0v) is 10.2. The predicted octanol–water partition coefficient (Wildman–Crippen LogP) is 0.472. The lowest BCUT2D eigenvalue weighted by molar-refractivity contribution is -0.150. The number of hydrogen-bond donors (Lipinski definition) is 0. The van der Waals surface area contributed by atoms with Crippen LogP contribution in [-0.4, -0.2) is 60.6 Å². The summed E-state index contributed by atoms with van der Waals surface area (Å²) >= 11 is 0. The lowest BCUT2D eigenvalue weighted by atomic mass is 10.1. The van der Waals surface area contributed by atoms with Gasteiger partial charge in [0.2, 0.25) is 0 Å². The standard InChI is InChI=1S/C12H20N2O2/c1-13-7-8-14(11(9-13)3-4-11)10(15)12(16-2)5-6-12/h3-9H2,1-2H3. The molecular formula is C12H20N2O2. The molecule has 0 aromatic heterocycles. The Balaban J connectivity index is 1.77. The third-order valence-corrected chi connectivity index (χ3v) is 4.40. The average Bonchev–Trinajstić information content (AvgIpc) is 3.14. The second-order valence-electron chi connectivity index (χ2n) is 5.62. The van der Waals surface area contributed by atoms with Gasteiger partial charge in [0.1, 0.15) is 5.60 Å². The lowest BCUT2D eigenvalue weighted by Crippen LogP contribution is -2.58. The molecule has 3 rings (SSSR count). The van der Waals surface area contributed by atoms with Gasteiger partial charge < -0.3 is 14.5 Å². The average molecular weight is 224 g/mol. The molecule has 90 valence electrons. The molecule has 4 nitrogen and oxygen atoms in total. The molecular weight excluding hydrogens is 204 g/mol. The summed E-state index contributed by atoms with van der Waals surface area (Å²) in [6, 6.07) is 0. The van der Waals surface area contributed by atoms with Gasteiger partial charge >= 0.3 is 0 Å². The Hall–Kier alpha value is -0.610.